The first-order valence-electron chi connectivity index (χ1n) is 6.33. The van der Waals surface area contributed by atoms with Gasteiger partial charge in [-0.3, -0.25) is 4.98 Å². The summed E-state index contributed by atoms with van der Waals surface area (Å²) in [5, 5.41) is 0. The van der Waals surface area contributed by atoms with E-state index in [9.17, 15) is 4.79 Å². The summed E-state index contributed by atoms with van der Waals surface area (Å²) in [6, 6.07) is 13.6. The molecule has 20 heavy (non-hydrogen) atoms. The number of aromatic amines is 1. The molecule has 0 aliphatic carbocycles. The molecule has 3 aromatic rings. The average molecular weight is 269 g/mol. The Bertz CT molecular complexity index is 804. The second kappa shape index (κ2) is 4.86. The molecule has 0 unspecified atom stereocenters. The summed E-state index contributed by atoms with van der Waals surface area (Å²) in [4.78, 5) is 15.9. The van der Waals surface area contributed by atoms with Crippen LogP contribution in [0.2, 0.25) is 0 Å². The van der Waals surface area contributed by atoms with E-state index < -0.39 is 5.76 Å². The second-order valence-corrected chi connectivity index (χ2v) is 4.63. The molecule has 0 bridgehead atoms. The molecule has 0 aliphatic heterocycles. The van der Waals surface area contributed by atoms with Crippen LogP contribution in [0.25, 0.3) is 11.1 Å². The molecule has 0 saturated heterocycles. The maximum absolute atomic E-state index is 11.2. The highest BCUT2D eigenvalue weighted by Gasteiger charge is 2.07. The van der Waals surface area contributed by atoms with E-state index in [1.54, 1.807) is 6.07 Å². The van der Waals surface area contributed by atoms with Gasteiger partial charge in [-0.05, 0) is 35.9 Å². The summed E-state index contributed by atoms with van der Waals surface area (Å²) in [6.45, 7) is 0.510. The molecule has 0 spiro atoms. The molecule has 3 rings (SSSR count). The van der Waals surface area contributed by atoms with E-state index in [1.807, 2.05) is 48.3 Å². The smallest absolute Gasteiger partial charge is 0.408 e. The molecule has 5 heteroatoms. The molecule has 1 aromatic heterocycles. The fourth-order valence-electron chi connectivity index (χ4n) is 2.19. The molecule has 0 atom stereocenters. The van der Waals surface area contributed by atoms with Gasteiger partial charge in [0, 0.05) is 25.0 Å². The number of hydrogen-bond donors (Lipinski definition) is 2. The molecular weight excluding hydrogens is 254 g/mol. The minimum atomic E-state index is -0.440. The lowest BCUT2D eigenvalue weighted by molar-refractivity contribution is 0.555. The average Bonchev–Trinajstić information content (AvgIpc) is 2.85. The second-order valence-electron chi connectivity index (χ2n) is 4.63. The van der Waals surface area contributed by atoms with Crippen molar-refractivity contribution in [3.05, 3.63) is 58.6 Å². The number of fused-ring (bicyclic) bond motifs is 1. The van der Waals surface area contributed by atoms with Gasteiger partial charge in [-0.25, -0.2) is 4.79 Å². The van der Waals surface area contributed by atoms with Crippen LogP contribution in [-0.2, 0) is 6.54 Å². The maximum atomic E-state index is 11.2. The standard InChI is InChI=1S/C15H15N3O2/c1-18(11-4-2-3-10(7-11)9-16)12-5-6-14-13(8-12)17-15(19)20-14/h2-8H,9,16H2,1H3,(H,17,19). The molecule has 1 heterocycles. The van der Waals surface area contributed by atoms with Gasteiger partial charge < -0.3 is 15.1 Å². The number of H-pyrrole nitrogens is 1. The third-order valence-electron chi connectivity index (χ3n) is 3.32. The Morgan fingerprint density at radius 3 is 2.80 bits per heavy atom. The highest BCUT2D eigenvalue weighted by molar-refractivity contribution is 5.79. The van der Waals surface area contributed by atoms with Crippen LogP contribution in [-0.4, -0.2) is 12.0 Å². The predicted octanol–water partition coefficient (Wildman–Crippen LogP) is 2.35. The van der Waals surface area contributed by atoms with E-state index in [0.29, 0.717) is 17.6 Å². The molecule has 0 saturated carbocycles. The van der Waals surface area contributed by atoms with Crippen molar-refractivity contribution in [3.63, 3.8) is 0 Å². The third kappa shape index (κ3) is 2.19. The summed E-state index contributed by atoms with van der Waals surface area (Å²) < 4.78 is 5.00. The summed E-state index contributed by atoms with van der Waals surface area (Å²) in [5.41, 5.74) is 9.99. The number of benzene rings is 2. The van der Waals surface area contributed by atoms with Crippen molar-refractivity contribution in [1.82, 2.24) is 4.98 Å². The van der Waals surface area contributed by atoms with Gasteiger partial charge in [-0.1, -0.05) is 12.1 Å². The molecule has 0 aliphatic rings. The molecule has 5 nitrogen and oxygen atoms in total. The van der Waals surface area contributed by atoms with Crippen molar-refractivity contribution in [2.45, 2.75) is 6.54 Å². The molecule has 2 aromatic carbocycles. The van der Waals surface area contributed by atoms with Gasteiger partial charge in [-0.15, -0.1) is 0 Å². The lowest BCUT2D eigenvalue weighted by Crippen LogP contribution is -2.10. The largest absolute Gasteiger partial charge is 0.417 e. The van der Waals surface area contributed by atoms with Crippen LogP contribution < -0.4 is 16.4 Å². The summed E-state index contributed by atoms with van der Waals surface area (Å²) in [7, 11) is 1.97. The van der Waals surface area contributed by atoms with Gasteiger partial charge in [0.15, 0.2) is 5.58 Å². The zero-order valence-corrected chi connectivity index (χ0v) is 11.1. The van der Waals surface area contributed by atoms with Gasteiger partial charge in [0.1, 0.15) is 0 Å². The lowest BCUT2D eigenvalue weighted by atomic mass is 10.1. The van der Waals surface area contributed by atoms with E-state index in [-0.39, 0.29) is 0 Å². The Labute approximate surface area is 115 Å². The van der Waals surface area contributed by atoms with Crippen LogP contribution in [0.3, 0.4) is 0 Å². The Kier molecular flexibility index (Phi) is 3.04. The number of nitrogens with one attached hydrogen (secondary N) is 1. The molecule has 102 valence electrons. The van der Waals surface area contributed by atoms with Crippen molar-refractivity contribution in [1.29, 1.82) is 0 Å². The van der Waals surface area contributed by atoms with Crippen LogP contribution in [0.4, 0.5) is 11.4 Å². The van der Waals surface area contributed by atoms with Crippen molar-refractivity contribution in [2.24, 2.45) is 5.73 Å². The number of rotatable bonds is 3. The highest BCUT2D eigenvalue weighted by Crippen LogP contribution is 2.26. The Morgan fingerprint density at radius 1 is 1.20 bits per heavy atom. The SMILES string of the molecule is CN(c1cccc(CN)c1)c1ccc2oc(=O)[nH]c2c1. The van der Waals surface area contributed by atoms with Gasteiger partial charge in [-0.2, -0.15) is 0 Å². The zero-order valence-electron chi connectivity index (χ0n) is 11.1. The molecule has 0 amide bonds. The number of aromatic nitrogens is 1. The summed E-state index contributed by atoms with van der Waals surface area (Å²) in [5.74, 6) is -0.440. The number of oxazole rings is 1. The van der Waals surface area contributed by atoms with Gasteiger partial charge in [0.2, 0.25) is 0 Å². The quantitative estimate of drug-likeness (QED) is 0.765. The fourth-order valence-corrected chi connectivity index (χ4v) is 2.19. The molecular formula is C15H15N3O2. The first-order chi connectivity index (χ1) is 9.67. The van der Waals surface area contributed by atoms with E-state index in [1.165, 1.54) is 0 Å². The first kappa shape index (κ1) is 12.5. The Hall–Kier alpha value is -2.53. The predicted molar refractivity (Wildman–Crippen MR) is 79.2 cm³/mol. The van der Waals surface area contributed by atoms with Crippen molar-refractivity contribution < 1.29 is 4.42 Å². The van der Waals surface area contributed by atoms with Crippen molar-refractivity contribution in [2.75, 3.05) is 11.9 Å². The minimum Gasteiger partial charge on any atom is -0.408 e. The van der Waals surface area contributed by atoms with E-state index in [4.69, 9.17) is 10.2 Å². The van der Waals surface area contributed by atoms with Crippen molar-refractivity contribution in [3.8, 4) is 0 Å². The van der Waals surface area contributed by atoms with Crippen LogP contribution in [0.5, 0.6) is 0 Å². The fraction of sp³-hybridized carbons (Fsp3) is 0.133. The molecule has 0 radical (unpaired) electrons. The topological polar surface area (TPSA) is 75.3 Å². The summed E-state index contributed by atoms with van der Waals surface area (Å²) in [6.07, 6.45) is 0. The summed E-state index contributed by atoms with van der Waals surface area (Å²) >= 11 is 0. The number of nitrogens with zero attached hydrogens (tertiary/aromatic N) is 1. The number of hydrogen-bond acceptors (Lipinski definition) is 4. The first-order valence-corrected chi connectivity index (χ1v) is 6.33. The normalized spacial score (nSPS) is 10.9. The van der Waals surface area contributed by atoms with Gasteiger partial charge >= 0.3 is 5.76 Å². The van der Waals surface area contributed by atoms with Gasteiger partial charge in [0.05, 0.1) is 5.52 Å². The monoisotopic (exact) mass is 269 g/mol. The molecule has 0 fully saturated rings. The Morgan fingerprint density at radius 2 is 2.00 bits per heavy atom. The number of nitrogens with two attached hydrogens (primary N) is 1. The van der Waals surface area contributed by atoms with Crippen LogP contribution in [0.15, 0.2) is 51.7 Å². The van der Waals surface area contributed by atoms with Gasteiger partial charge in [0.25, 0.3) is 0 Å². The van der Waals surface area contributed by atoms with Crippen LogP contribution >= 0.6 is 0 Å². The minimum absolute atomic E-state index is 0.440. The van der Waals surface area contributed by atoms with Crippen molar-refractivity contribution >= 4 is 22.5 Å². The van der Waals surface area contributed by atoms with Crippen LogP contribution in [0.1, 0.15) is 5.56 Å². The van der Waals surface area contributed by atoms with E-state index in [0.717, 1.165) is 16.9 Å². The maximum Gasteiger partial charge on any atom is 0.417 e. The molecule has 3 N–H and O–H groups in total. The van der Waals surface area contributed by atoms with E-state index >= 15 is 0 Å². The zero-order chi connectivity index (χ0) is 14.1. The highest BCUT2D eigenvalue weighted by atomic mass is 16.4. The lowest BCUT2D eigenvalue weighted by Gasteiger charge is -2.20. The van der Waals surface area contributed by atoms with Crippen LogP contribution in [0, 0.1) is 0 Å². The Balaban J connectivity index is 2.02. The number of anilines is 2. The van der Waals surface area contributed by atoms with E-state index in [2.05, 4.69) is 4.98 Å². The third-order valence-corrected chi connectivity index (χ3v) is 3.32.